The molecule has 0 N–H and O–H groups in total. The van der Waals surface area contributed by atoms with E-state index in [0.717, 1.165) is 23.0 Å². The van der Waals surface area contributed by atoms with E-state index in [1.807, 2.05) is 42.1 Å². The van der Waals surface area contributed by atoms with E-state index in [9.17, 15) is 4.79 Å². The van der Waals surface area contributed by atoms with Crippen LogP contribution in [0.2, 0.25) is 5.15 Å². The number of aromatic nitrogens is 3. The van der Waals surface area contributed by atoms with Crippen molar-refractivity contribution in [2.24, 2.45) is 7.05 Å². The van der Waals surface area contributed by atoms with Crippen molar-refractivity contribution in [1.82, 2.24) is 14.1 Å². The number of imidazole rings is 1. The van der Waals surface area contributed by atoms with Gasteiger partial charge in [-0.15, -0.1) is 0 Å². The lowest BCUT2D eigenvalue weighted by Crippen LogP contribution is -2.05. The van der Waals surface area contributed by atoms with E-state index in [1.54, 1.807) is 6.20 Å². The lowest BCUT2D eigenvalue weighted by molar-refractivity contribution is 0.112. The highest BCUT2D eigenvalue weighted by Gasteiger charge is 2.09. The summed E-state index contributed by atoms with van der Waals surface area (Å²) in [5.74, 6) is 0.874. The lowest BCUT2D eigenvalue weighted by Gasteiger charge is -2.06. The van der Waals surface area contributed by atoms with Crippen molar-refractivity contribution < 1.29 is 4.79 Å². The van der Waals surface area contributed by atoms with E-state index in [4.69, 9.17) is 11.6 Å². The van der Waals surface area contributed by atoms with Crippen LogP contribution in [0.3, 0.4) is 0 Å². The number of aldehydes is 1. The Balaban J connectivity index is 2.07. The van der Waals surface area contributed by atoms with Crippen LogP contribution >= 0.6 is 11.6 Å². The van der Waals surface area contributed by atoms with Crippen LogP contribution in [-0.2, 0) is 13.6 Å². The quantitative estimate of drug-likeness (QED) is 0.689. The van der Waals surface area contributed by atoms with Crippen LogP contribution in [0.4, 0.5) is 0 Å². The average molecular weight is 274 g/mol. The molecule has 0 radical (unpaired) electrons. The Kier molecular flexibility index (Phi) is 2.87. The topological polar surface area (TPSA) is 39.8 Å². The molecule has 0 atom stereocenters. The summed E-state index contributed by atoms with van der Waals surface area (Å²) >= 11 is 5.98. The molecule has 0 saturated heterocycles. The minimum atomic E-state index is 0.611. The molecule has 1 aromatic carbocycles. The molecule has 0 aliphatic heterocycles. The first-order valence-electron chi connectivity index (χ1n) is 5.90. The number of hydrogen-bond donors (Lipinski definition) is 0. The second-order valence-electron chi connectivity index (χ2n) is 4.40. The molecule has 0 bridgehead atoms. The highest BCUT2D eigenvalue weighted by molar-refractivity contribution is 6.29. The van der Waals surface area contributed by atoms with E-state index in [1.165, 1.54) is 0 Å². The Morgan fingerprint density at radius 2 is 2.21 bits per heavy atom. The molecule has 96 valence electrons. The molecule has 0 aliphatic carbocycles. The fourth-order valence-electron chi connectivity index (χ4n) is 2.21. The summed E-state index contributed by atoms with van der Waals surface area (Å²) in [5, 5.41) is 1.57. The average Bonchev–Trinajstić information content (AvgIpc) is 2.97. The van der Waals surface area contributed by atoms with Crippen molar-refractivity contribution in [1.29, 1.82) is 0 Å². The van der Waals surface area contributed by atoms with Gasteiger partial charge in [-0.05, 0) is 12.1 Å². The Bertz CT molecular complexity index is 757. The predicted molar refractivity (Wildman–Crippen MR) is 74.6 cm³/mol. The van der Waals surface area contributed by atoms with E-state index in [-0.39, 0.29) is 0 Å². The Morgan fingerprint density at radius 1 is 1.37 bits per heavy atom. The summed E-state index contributed by atoms with van der Waals surface area (Å²) in [6.07, 6.45) is 4.48. The van der Waals surface area contributed by atoms with Crippen LogP contribution in [-0.4, -0.2) is 20.4 Å². The maximum Gasteiger partial charge on any atom is 0.150 e. The number of hydrogen-bond acceptors (Lipinski definition) is 2. The van der Waals surface area contributed by atoms with Gasteiger partial charge in [0.05, 0.1) is 12.7 Å². The molecule has 4 nitrogen and oxygen atoms in total. The molecule has 2 aromatic heterocycles. The third-order valence-corrected chi connectivity index (χ3v) is 3.66. The highest BCUT2D eigenvalue weighted by atomic mass is 35.5. The number of carbonyl (C=O) groups excluding carboxylic acids is 1. The summed E-state index contributed by atoms with van der Waals surface area (Å²) in [4.78, 5) is 15.3. The molecule has 0 amide bonds. The zero-order chi connectivity index (χ0) is 13.4. The van der Waals surface area contributed by atoms with Gasteiger partial charge < -0.3 is 9.13 Å². The van der Waals surface area contributed by atoms with Gasteiger partial charge in [0.1, 0.15) is 11.0 Å². The SMILES string of the molecule is Cn1c(Cl)cnc1Cn1ccc2c(C=O)cccc21. The van der Waals surface area contributed by atoms with Gasteiger partial charge in [-0.25, -0.2) is 4.98 Å². The maximum absolute atomic E-state index is 11.0. The van der Waals surface area contributed by atoms with Gasteiger partial charge in [-0.3, -0.25) is 4.79 Å². The Labute approximate surface area is 115 Å². The second-order valence-corrected chi connectivity index (χ2v) is 4.78. The van der Waals surface area contributed by atoms with Crippen molar-refractivity contribution in [2.75, 3.05) is 0 Å². The largest absolute Gasteiger partial charge is 0.340 e. The molecule has 3 rings (SSSR count). The van der Waals surface area contributed by atoms with Crippen molar-refractivity contribution in [3.63, 3.8) is 0 Å². The third kappa shape index (κ3) is 1.94. The number of benzene rings is 1. The van der Waals surface area contributed by atoms with E-state index in [2.05, 4.69) is 9.55 Å². The standard InChI is InChI=1S/C14H12ClN3O/c1-17-13(15)7-16-14(17)8-18-6-5-11-10(9-19)3-2-4-12(11)18/h2-7,9H,8H2,1H3. The van der Waals surface area contributed by atoms with E-state index < -0.39 is 0 Å². The van der Waals surface area contributed by atoms with Crippen molar-refractivity contribution in [3.8, 4) is 0 Å². The predicted octanol–water partition coefficient (Wildman–Crippen LogP) is 2.89. The van der Waals surface area contributed by atoms with Gasteiger partial charge >= 0.3 is 0 Å². The Hall–Kier alpha value is -2.07. The van der Waals surface area contributed by atoms with Crippen LogP contribution < -0.4 is 0 Å². The van der Waals surface area contributed by atoms with E-state index >= 15 is 0 Å². The first-order valence-corrected chi connectivity index (χ1v) is 6.27. The Morgan fingerprint density at radius 3 is 2.89 bits per heavy atom. The van der Waals surface area contributed by atoms with Crippen LogP contribution in [0, 0.1) is 0 Å². The first kappa shape index (κ1) is 12.0. The number of carbonyl (C=O) groups is 1. The lowest BCUT2D eigenvalue weighted by atomic mass is 10.1. The summed E-state index contributed by atoms with van der Waals surface area (Å²) in [6.45, 7) is 0.620. The number of nitrogens with zero attached hydrogens (tertiary/aromatic N) is 3. The second kappa shape index (κ2) is 4.55. The molecular formula is C14H12ClN3O. The zero-order valence-corrected chi connectivity index (χ0v) is 11.1. The summed E-state index contributed by atoms with van der Waals surface area (Å²) in [7, 11) is 1.88. The molecule has 0 unspecified atom stereocenters. The summed E-state index contributed by atoms with van der Waals surface area (Å²) in [5.41, 5.74) is 1.72. The van der Waals surface area contributed by atoms with Gasteiger partial charge in [-0.2, -0.15) is 0 Å². The van der Waals surface area contributed by atoms with Crippen LogP contribution in [0.25, 0.3) is 10.9 Å². The third-order valence-electron chi connectivity index (χ3n) is 3.31. The smallest absolute Gasteiger partial charge is 0.150 e. The minimum Gasteiger partial charge on any atom is -0.340 e. The molecule has 0 aliphatic rings. The molecule has 19 heavy (non-hydrogen) atoms. The van der Waals surface area contributed by atoms with Crippen LogP contribution in [0.15, 0.2) is 36.7 Å². The normalized spacial score (nSPS) is 11.1. The van der Waals surface area contributed by atoms with Gasteiger partial charge in [0.15, 0.2) is 6.29 Å². The zero-order valence-electron chi connectivity index (χ0n) is 10.4. The molecule has 0 spiro atoms. The van der Waals surface area contributed by atoms with Gasteiger partial charge in [-0.1, -0.05) is 23.7 Å². The molecular weight excluding hydrogens is 262 g/mol. The number of halogens is 1. The van der Waals surface area contributed by atoms with Gasteiger partial charge in [0.25, 0.3) is 0 Å². The van der Waals surface area contributed by atoms with Crippen LogP contribution in [0.1, 0.15) is 16.2 Å². The van der Waals surface area contributed by atoms with Gasteiger partial charge in [0.2, 0.25) is 0 Å². The molecule has 0 fully saturated rings. The minimum absolute atomic E-state index is 0.611. The van der Waals surface area contributed by atoms with Crippen molar-refractivity contribution in [3.05, 3.63) is 53.2 Å². The first-order chi connectivity index (χ1) is 9.20. The van der Waals surface area contributed by atoms with Crippen LogP contribution in [0.5, 0.6) is 0 Å². The summed E-state index contributed by atoms with van der Waals surface area (Å²) < 4.78 is 3.90. The number of rotatable bonds is 3. The van der Waals surface area contributed by atoms with E-state index in [0.29, 0.717) is 17.3 Å². The fourth-order valence-corrected chi connectivity index (χ4v) is 2.36. The molecule has 5 heteroatoms. The fraction of sp³-hybridized carbons (Fsp3) is 0.143. The van der Waals surface area contributed by atoms with Crippen molar-refractivity contribution >= 4 is 28.8 Å². The highest BCUT2D eigenvalue weighted by Crippen LogP contribution is 2.20. The van der Waals surface area contributed by atoms with Crippen molar-refractivity contribution in [2.45, 2.75) is 6.54 Å². The van der Waals surface area contributed by atoms with Gasteiger partial charge in [0, 0.05) is 29.7 Å². The maximum atomic E-state index is 11.0. The monoisotopic (exact) mass is 273 g/mol. The summed E-state index contributed by atoms with van der Waals surface area (Å²) in [6, 6.07) is 7.64. The molecule has 3 aromatic rings. The number of fused-ring (bicyclic) bond motifs is 1. The molecule has 2 heterocycles. The molecule has 0 saturated carbocycles.